The van der Waals surface area contributed by atoms with Gasteiger partial charge in [-0.05, 0) is 31.4 Å². The molecule has 0 amide bonds. The molecule has 3 aromatic rings. The highest BCUT2D eigenvalue weighted by atomic mass is 19.1. The molecule has 2 aliphatic rings. The summed E-state index contributed by atoms with van der Waals surface area (Å²) in [4.78, 5) is 10.4. The highest BCUT2D eigenvalue weighted by Gasteiger charge is 2.43. The first-order valence-corrected chi connectivity index (χ1v) is 9.51. The van der Waals surface area contributed by atoms with E-state index in [4.69, 9.17) is 0 Å². The fourth-order valence-electron chi connectivity index (χ4n) is 4.36. The van der Waals surface area contributed by atoms with Crippen molar-refractivity contribution in [1.82, 2.24) is 25.5 Å². The summed E-state index contributed by atoms with van der Waals surface area (Å²) in [5, 5.41) is 23.0. The summed E-state index contributed by atoms with van der Waals surface area (Å²) in [5.41, 5.74) is 1.19. The molecule has 28 heavy (non-hydrogen) atoms. The second-order valence-corrected chi connectivity index (χ2v) is 7.61. The van der Waals surface area contributed by atoms with E-state index in [9.17, 15) is 9.50 Å². The number of hydrogen-bond donors (Lipinski definition) is 2. The average molecular weight is 380 g/mol. The summed E-state index contributed by atoms with van der Waals surface area (Å²) in [6.07, 6.45) is 4.98. The first-order chi connectivity index (χ1) is 13.6. The molecule has 2 aromatic heterocycles. The Morgan fingerprint density at radius 3 is 2.93 bits per heavy atom. The Bertz CT molecular complexity index is 1010. The van der Waals surface area contributed by atoms with Crippen molar-refractivity contribution in [3.63, 3.8) is 0 Å². The van der Waals surface area contributed by atoms with Gasteiger partial charge in [-0.25, -0.2) is 9.37 Å². The Balaban J connectivity index is 1.42. The maximum Gasteiger partial charge on any atom is 0.185 e. The summed E-state index contributed by atoms with van der Waals surface area (Å²) < 4.78 is 14.8. The van der Waals surface area contributed by atoms with Crippen LogP contribution in [0.2, 0.25) is 0 Å². The topological polar surface area (TPSA) is 87.1 Å². The molecule has 4 heterocycles. The van der Waals surface area contributed by atoms with Crippen LogP contribution in [0, 0.1) is 0 Å². The zero-order chi connectivity index (χ0) is 19.3. The summed E-state index contributed by atoms with van der Waals surface area (Å²) in [6, 6.07) is 7.18. The highest BCUT2D eigenvalue weighted by molar-refractivity contribution is 5.86. The van der Waals surface area contributed by atoms with Gasteiger partial charge in [0.05, 0.1) is 23.3 Å². The molecule has 2 saturated heterocycles. The molecule has 2 aliphatic heterocycles. The minimum Gasteiger partial charge on any atom is -0.507 e. The number of phenols is 1. The number of alkyl halides is 1. The van der Waals surface area contributed by atoms with E-state index >= 15 is 0 Å². The second-order valence-electron chi connectivity index (χ2n) is 7.61. The monoisotopic (exact) mass is 380 g/mol. The van der Waals surface area contributed by atoms with Crippen LogP contribution in [0.4, 0.5) is 10.2 Å². The number of phenolic OH excluding ortho intramolecular Hbond substituents is 1. The molecule has 0 saturated carbocycles. The molecule has 1 aromatic carbocycles. The molecular weight excluding hydrogens is 359 g/mol. The molecule has 2 fully saturated rings. The Kier molecular flexibility index (Phi) is 4.08. The molecule has 0 aliphatic carbocycles. The second kappa shape index (κ2) is 6.63. The number of fused-ring (bicyclic) bond motifs is 3. The van der Waals surface area contributed by atoms with Crippen LogP contribution in [0.15, 0.2) is 36.7 Å². The van der Waals surface area contributed by atoms with E-state index in [0.717, 1.165) is 24.6 Å². The Hall–Kier alpha value is -2.87. The lowest BCUT2D eigenvalue weighted by Gasteiger charge is -2.38. The van der Waals surface area contributed by atoms with Gasteiger partial charge in [0.15, 0.2) is 11.6 Å². The molecule has 4 atom stereocenters. The molecule has 0 radical (unpaired) electrons. The SMILES string of the molecule is CN(c1cnc(-c2cc3cccnc3cc2O)nn1)C1CC2CCC(N2)[C@H]1F. The van der Waals surface area contributed by atoms with E-state index in [0.29, 0.717) is 28.8 Å². The van der Waals surface area contributed by atoms with E-state index in [1.807, 2.05) is 24.1 Å². The Labute approximate surface area is 161 Å². The number of aromatic nitrogens is 4. The van der Waals surface area contributed by atoms with Gasteiger partial charge in [-0.1, -0.05) is 6.07 Å². The predicted octanol–water partition coefficient (Wildman–Crippen LogP) is 2.46. The Morgan fingerprint density at radius 2 is 2.11 bits per heavy atom. The molecule has 2 N–H and O–H groups in total. The van der Waals surface area contributed by atoms with Gasteiger partial charge in [0.2, 0.25) is 0 Å². The van der Waals surface area contributed by atoms with E-state index in [-0.39, 0.29) is 17.8 Å². The number of benzene rings is 1. The van der Waals surface area contributed by atoms with Crippen molar-refractivity contribution in [2.24, 2.45) is 0 Å². The number of anilines is 1. The number of pyridine rings is 1. The quantitative estimate of drug-likeness (QED) is 0.722. The van der Waals surface area contributed by atoms with Crippen molar-refractivity contribution in [2.75, 3.05) is 11.9 Å². The highest BCUT2D eigenvalue weighted by Crippen LogP contribution is 2.34. The van der Waals surface area contributed by atoms with Crippen LogP contribution in [-0.2, 0) is 0 Å². The smallest absolute Gasteiger partial charge is 0.185 e. The van der Waals surface area contributed by atoms with Crippen LogP contribution in [0.1, 0.15) is 19.3 Å². The third kappa shape index (κ3) is 2.84. The van der Waals surface area contributed by atoms with E-state index in [2.05, 4.69) is 25.5 Å². The predicted molar refractivity (Wildman–Crippen MR) is 104 cm³/mol. The lowest BCUT2D eigenvalue weighted by molar-refractivity contribution is 0.176. The number of halogens is 1. The fourth-order valence-corrected chi connectivity index (χ4v) is 4.36. The minimum absolute atomic E-state index is 0.0489. The van der Waals surface area contributed by atoms with Gasteiger partial charge in [0.25, 0.3) is 0 Å². The maximum absolute atomic E-state index is 14.8. The van der Waals surface area contributed by atoms with Crippen LogP contribution in [0.25, 0.3) is 22.3 Å². The summed E-state index contributed by atoms with van der Waals surface area (Å²) in [5.74, 6) is 0.898. The van der Waals surface area contributed by atoms with Crippen molar-refractivity contribution >= 4 is 16.7 Å². The van der Waals surface area contributed by atoms with Crippen molar-refractivity contribution in [3.05, 3.63) is 36.7 Å². The number of aromatic hydroxyl groups is 1. The van der Waals surface area contributed by atoms with Crippen molar-refractivity contribution in [2.45, 2.75) is 43.6 Å². The number of nitrogens with zero attached hydrogens (tertiary/aromatic N) is 5. The third-order valence-electron chi connectivity index (χ3n) is 5.92. The van der Waals surface area contributed by atoms with Gasteiger partial charge in [-0.2, -0.15) is 0 Å². The molecule has 8 heteroatoms. The molecule has 0 spiro atoms. The normalized spacial score (nSPS) is 26.5. The zero-order valence-corrected chi connectivity index (χ0v) is 15.5. The molecular formula is C20H21FN6O. The number of rotatable bonds is 3. The lowest BCUT2D eigenvalue weighted by atomic mass is 9.96. The summed E-state index contributed by atoms with van der Waals surface area (Å²) >= 11 is 0. The molecule has 144 valence electrons. The molecule has 5 rings (SSSR count). The first kappa shape index (κ1) is 17.2. The van der Waals surface area contributed by atoms with Gasteiger partial charge in [-0.15, -0.1) is 10.2 Å². The number of hydrogen-bond acceptors (Lipinski definition) is 7. The van der Waals surface area contributed by atoms with E-state index in [1.165, 1.54) is 0 Å². The number of piperidine rings is 1. The largest absolute Gasteiger partial charge is 0.507 e. The van der Waals surface area contributed by atoms with Crippen LogP contribution < -0.4 is 10.2 Å². The molecule has 3 unspecified atom stereocenters. The maximum atomic E-state index is 14.8. The summed E-state index contributed by atoms with van der Waals surface area (Å²) in [7, 11) is 1.84. The fraction of sp³-hybridized carbons (Fsp3) is 0.400. The van der Waals surface area contributed by atoms with Crippen molar-refractivity contribution in [1.29, 1.82) is 0 Å². The molecule has 7 nitrogen and oxygen atoms in total. The van der Waals surface area contributed by atoms with Gasteiger partial charge >= 0.3 is 0 Å². The van der Waals surface area contributed by atoms with E-state index in [1.54, 1.807) is 24.5 Å². The van der Waals surface area contributed by atoms with Crippen molar-refractivity contribution in [3.8, 4) is 17.1 Å². The summed E-state index contributed by atoms with van der Waals surface area (Å²) in [6.45, 7) is 0. The average Bonchev–Trinajstić information content (AvgIpc) is 3.13. The van der Waals surface area contributed by atoms with Gasteiger partial charge in [-0.3, -0.25) is 4.98 Å². The van der Waals surface area contributed by atoms with Crippen LogP contribution >= 0.6 is 0 Å². The third-order valence-corrected chi connectivity index (χ3v) is 5.92. The number of nitrogens with one attached hydrogen (secondary N) is 1. The van der Waals surface area contributed by atoms with Gasteiger partial charge in [0, 0.05) is 36.8 Å². The van der Waals surface area contributed by atoms with Crippen LogP contribution in [0.3, 0.4) is 0 Å². The van der Waals surface area contributed by atoms with E-state index < -0.39 is 6.17 Å². The van der Waals surface area contributed by atoms with Gasteiger partial charge < -0.3 is 15.3 Å². The van der Waals surface area contributed by atoms with Crippen LogP contribution in [-0.4, -0.2) is 56.6 Å². The van der Waals surface area contributed by atoms with Gasteiger partial charge in [0.1, 0.15) is 11.9 Å². The Morgan fingerprint density at radius 1 is 1.21 bits per heavy atom. The van der Waals surface area contributed by atoms with Crippen molar-refractivity contribution < 1.29 is 9.50 Å². The first-order valence-electron chi connectivity index (χ1n) is 9.51. The zero-order valence-electron chi connectivity index (χ0n) is 15.5. The lowest BCUT2D eigenvalue weighted by Crippen LogP contribution is -2.55. The standard InChI is InChI=1S/C20H21FN6O/c1-27(16-8-12-4-5-14(24-12)19(16)21)18-10-23-20(26-25-18)13-7-11-3-2-6-22-15(11)9-17(13)28/h2-3,6-7,9-10,12,14,16,19,24,28H,4-5,8H2,1H3/t12?,14?,16?,19-/m1/s1. The minimum atomic E-state index is -0.942. The van der Waals surface area contributed by atoms with Crippen LogP contribution in [0.5, 0.6) is 5.75 Å². The molecule has 2 bridgehead atoms.